The highest BCUT2D eigenvalue weighted by molar-refractivity contribution is 5.95. The van der Waals surface area contributed by atoms with Crippen LogP contribution in [0.15, 0.2) is 0 Å². The molecule has 0 radical (unpaired) electrons. The van der Waals surface area contributed by atoms with E-state index >= 15 is 0 Å². The lowest BCUT2D eigenvalue weighted by Crippen LogP contribution is -2.39. The molecular formula is C14H28N4O. The Morgan fingerprint density at radius 3 is 2.47 bits per heavy atom. The van der Waals surface area contributed by atoms with Crippen molar-refractivity contribution in [3.05, 3.63) is 0 Å². The normalized spacial score (nSPS) is 17.8. The van der Waals surface area contributed by atoms with Crippen LogP contribution in [0.2, 0.25) is 0 Å². The number of amidine groups is 2. The van der Waals surface area contributed by atoms with Crippen molar-refractivity contribution >= 4 is 11.9 Å². The van der Waals surface area contributed by atoms with Gasteiger partial charge in [-0.3, -0.25) is 20.6 Å². The Morgan fingerprint density at radius 2 is 1.89 bits per heavy atom. The fourth-order valence-corrected chi connectivity index (χ4v) is 2.18. The van der Waals surface area contributed by atoms with Crippen molar-refractivity contribution in [3.63, 3.8) is 0 Å². The summed E-state index contributed by atoms with van der Waals surface area (Å²) in [6.45, 7) is 7.77. The van der Waals surface area contributed by atoms with Gasteiger partial charge in [-0.05, 0) is 32.4 Å². The van der Waals surface area contributed by atoms with Gasteiger partial charge in [-0.15, -0.1) is 0 Å². The molecule has 110 valence electrons. The van der Waals surface area contributed by atoms with Crippen LogP contribution in [0, 0.1) is 16.7 Å². The molecule has 0 bridgehead atoms. The largest absolute Gasteiger partial charge is 0.464 e. The molecule has 5 heteroatoms. The zero-order valence-corrected chi connectivity index (χ0v) is 12.5. The van der Waals surface area contributed by atoms with Crippen LogP contribution in [0.25, 0.3) is 0 Å². The molecule has 0 aliphatic carbocycles. The number of hydrogen-bond acceptors (Lipinski definition) is 4. The summed E-state index contributed by atoms with van der Waals surface area (Å²) >= 11 is 0. The van der Waals surface area contributed by atoms with Gasteiger partial charge in [0.15, 0.2) is 0 Å². The van der Waals surface area contributed by atoms with Gasteiger partial charge >= 0.3 is 0 Å². The quantitative estimate of drug-likeness (QED) is 0.594. The van der Waals surface area contributed by atoms with Crippen LogP contribution in [0.3, 0.4) is 0 Å². The smallest absolute Gasteiger partial charge is 0.289 e. The van der Waals surface area contributed by atoms with E-state index in [1.807, 2.05) is 13.8 Å². The number of ether oxygens (including phenoxy) is 1. The van der Waals surface area contributed by atoms with Crippen LogP contribution in [-0.2, 0) is 4.74 Å². The fraction of sp³-hybridized carbons (Fsp3) is 0.857. The molecule has 1 aliphatic rings. The van der Waals surface area contributed by atoms with E-state index in [-0.39, 0.29) is 11.9 Å². The second-order valence-corrected chi connectivity index (χ2v) is 5.31. The molecule has 1 fully saturated rings. The molecular weight excluding hydrogens is 240 g/mol. The van der Waals surface area contributed by atoms with Gasteiger partial charge < -0.3 is 4.74 Å². The first-order valence-corrected chi connectivity index (χ1v) is 7.32. The fourth-order valence-electron chi connectivity index (χ4n) is 2.18. The van der Waals surface area contributed by atoms with E-state index in [1.54, 1.807) is 7.05 Å². The highest BCUT2D eigenvalue weighted by Crippen LogP contribution is 2.08. The maximum Gasteiger partial charge on any atom is 0.289 e. The van der Waals surface area contributed by atoms with Crippen molar-refractivity contribution in [1.29, 1.82) is 10.8 Å². The zero-order chi connectivity index (χ0) is 14.3. The van der Waals surface area contributed by atoms with Gasteiger partial charge in [-0.1, -0.05) is 20.3 Å². The number of nitrogens with one attached hydrogen (secondary N) is 2. The lowest BCUT2D eigenvalue weighted by molar-refractivity contribution is 0.168. The van der Waals surface area contributed by atoms with Gasteiger partial charge in [0.1, 0.15) is 12.4 Å². The van der Waals surface area contributed by atoms with Crippen LogP contribution in [0.4, 0.5) is 0 Å². The van der Waals surface area contributed by atoms with E-state index in [1.165, 1.54) is 24.2 Å². The minimum atomic E-state index is 0.0855. The summed E-state index contributed by atoms with van der Waals surface area (Å²) in [6, 6.07) is 0.0855. The molecule has 1 saturated heterocycles. The van der Waals surface area contributed by atoms with Crippen LogP contribution in [0.1, 0.15) is 39.5 Å². The molecule has 0 aromatic rings. The molecule has 0 aromatic heterocycles. The molecule has 2 N–H and O–H groups in total. The SMILES string of the molecule is CCC(C)C(=N)N(C)C(=N)OCCN1CCCCC1. The van der Waals surface area contributed by atoms with E-state index < -0.39 is 0 Å². The van der Waals surface area contributed by atoms with E-state index in [0.29, 0.717) is 12.4 Å². The zero-order valence-electron chi connectivity index (χ0n) is 12.5. The van der Waals surface area contributed by atoms with Crippen molar-refractivity contribution in [1.82, 2.24) is 9.80 Å². The molecule has 19 heavy (non-hydrogen) atoms. The van der Waals surface area contributed by atoms with Crippen LogP contribution < -0.4 is 0 Å². The third-order valence-corrected chi connectivity index (χ3v) is 3.84. The van der Waals surface area contributed by atoms with Gasteiger partial charge in [-0.2, -0.15) is 0 Å². The Kier molecular flexibility index (Phi) is 6.84. The van der Waals surface area contributed by atoms with Gasteiger partial charge in [0, 0.05) is 19.5 Å². The number of nitrogens with zero attached hydrogens (tertiary/aromatic N) is 2. The number of likely N-dealkylation sites (tertiary alicyclic amines) is 1. The maximum absolute atomic E-state index is 7.96. The third-order valence-electron chi connectivity index (χ3n) is 3.84. The molecule has 1 rings (SSSR count). The molecule has 1 heterocycles. The Bertz CT molecular complexity index is 300. The average Bonchev–Trinajstić information content (AvgIpc) is 2.45. The predicted molar refractivity (Wildman–Crippen MR) is 78.9 cm³/mol. The van der Waals surface area contributed by atoms with E-state index in [2.05, 4.69) is 4.90 Å². The first-order valence-electron chi connectivity index (χ1n) is 7.32. The Hall–Kier alpha value is -1.10. The molecule has 0 amide bonds. The summed E-state index contributed by atoms with van der Waals surface area (Å²) < 4.78 is 5.45. The van der Waals surface area contributed by atoms with Gasteiger partial charge in [0.05, 0.1) is 0 Å². The number of piperidine rings is 1. The van der Waals surface area contributed by atoms with Crippen molar-refractivity contribution in [2.24, 2.45) is 5.92 Å². The van der Waals surface area contributed by atoms with E-state index in [9.17, 15) is 0 Å². The van der Waals surface area contributed by atoms with Gasteiger partial charge in [0.25, 0.3) is 6.02 Å². The summed E-state index contributed by atoms with van der Waals surface area (Å²) in [5.41, 5.74) is 0. The maximum atomic E-state index is 7.96. The molecule has 1 unspecified atom stereocenters. The molecule has 1 aliphatic heterocycles. The molecule has 1 atom stereocenters. The Balaban J connectivity index is 2.24. The average molecular weight is 268 g/mol. The van der Waals surface area contributed by atoms with Gasteiger partial charge in [-0.25, -0.2) is 0 Å². The summed E-state index contributed by atoms with van der Waals surface area (Å²) in [4.78, 5) is 3.92. The Morgan fingerprint density at radius 1 is 1.26 bits per heavy atom. The molecule has 0 spiro atoms. The standard InChI is InChI=1S/C14H28N4O/c1-4-12(2)13(15)17(3)14(16)19-11-10-18-8-6-5-7-9-18/h12,15-16H,4-11H2,1-3H3. The monoisotopic (exact) mass is 268 g/mol. The minimum absolute atomic E-state index is 0.0855. The summed E-state index contributed by atoms with van der Waals surface area (Å²) in [7, 11) is 1.73. The molecule has 0 aromatic carbocycles. The summed E-state index contributed by atoms with van der Waals surface area (Å²) in [6.07, 6.45) is 4.79. The van der Waals surface area contributed by atoms with Gasteiger partial charge in [0.2, 0.25) is 0 Å². The number of rotatable bonds is 5. The first-order chi connectivity index (χ1) is 9.06. The van der Waals surface area contributed by atoms with Crippen LogP contribution >= 0.6 is 0 Å². The van der Waals surface area contributed by atoms with Crippen LogP contribution in [0.5, 0.6) is 0 Å². The first kappa shape index (κ1) is 16.0. The summed E-state index contributed by atoms with van der Waals surface area (Å²) in [5, 5.41) is 15.8. The third kappa shape index (κ3) is 5.19. The lowest BCUT2D eigenvalue weighted by Gasteiger charge is -2.27. The molecule has 0 saturated carbocycles. The Labute approximate surface area is 116 Å². The second kappa shape index (κ2) is 8.15. The van der Waals surface area contributed by atoms with Crippen molar-refractivity contribution in [3.8, 4) is 0 Å². The predicted octanol–water partition coefficient (Wildman–Crippen LogP) is 2.38. The summed E-state index contributed by atoms with van der Waals surface area (Å²) in [5.74, 6) is 0.613. The topological polar surface area (TPSA) is 63.4 Å². The van der Waals surface area contributed by atoms with Crippen molar-refractivity contribution in [2.75, 3.05) is 33.3 Å². The lowest BCUT2D eigenvalue weighted by atomic mass is 10.1. The van der Waals surface area contributed by atoms with E-state index in [4.69, 9.17) is 15.6 Å². The highest BCUT2D eigenvalue weighted by Gasteiger charge is 2.17. The number of hydrogen-bond donors (Lipinski definition) is 2. The minimum Gasteiger partial charge on any atom is -0.464 e. The van der Waals surface area contributed by atoms with Crippen molar-refractivity contribution in [2.45, 2.75) is 39.5 Å². The van der Waals surface area contributed by atoms with Crippen LogP contribution in [-0.4, -0.2) is 54.9 Å². The van der Waals surface area contributed by atoms with E-state index in [0.717, 1.165) is 26.1 Å². The molecule has 5 nitrogen and oxygen atoms in total. The highest BCUT2D eigenvalue weighted by atomic mass is 16.5. The van der Waals surface area contributed by atoms with Crippen molar-refractivity contribution < 1.29 is 4.74 Å². The second-order valence-electron chi connectivity index (χ2n) is 5.31.